The zero-order chi connectivity index (χ0) is 15.2. The number of aryl methyl sites for hydroxylation is 1. The van der Waals surface area contributed by atoms with Crippen molar-refractivity contribution in [3.63, 3.8) is 0 Å². The molecule has 1 N–H and O–H groups in total. The standard InChI is InChI=1S/C16H21NO4/c1-21-14-7-5-12(6-8-14)3-2-4-15(18)17-10-9-13(11-17)16(19)20/h5-8,13H,2-4,9-11H2,1H3,(H,19,20). The minimum absolute atomic E-state index is 0.0623. The lowest BCUT2D eigenvalue weighted by molar-refractivity contribution is -0.141. The maximum absolute atomic E-state index is 12.0. The Balaban J connectivity index is 1.73. The third-order valence-corrected chi connectivity index (χ3v) is 3.91. The average molecular weight is 291 g/mol. The van der Waals surface area contributed by atoms with Crippen molar-refractivity contribution in [1.82, 2.24) is 4.90 Å². The number of likely N-dealkylation sites (tertiary alicyclic amines) is 1. The first-order chi connectivity index (χ1) is 10.1. The van der Waals surface area contributed by atoms with Crippen LogP contribution in [0.1, 0.15) is 24.8 Å². The lowest BCUT2D eigenvalue weighted by atomic mass is 10.1. The minimum Gasteiger partial charge on any atom is -0.497 e. The van der Waals surface area contributed by atoms with E-state index < -0.39 is 11.9 Å². The molecule has 1 saturated heterocycles. The highest BCUT2D eigenvalue weighted by Crippen LogP contribution is 2.18. The van der Waals surface area contributed by atoms with Crippen LogP contribution in [0.15, 0.2) is 24.3 Å². The van der Waals surface area contributed by atoms with E-state index in [0.29, 0.717) is 25.9 Å². The van der Waals surface area contributed by atoms with E-state index in [1.807, 2.05) is 24.3 Å². The second-order valence-corrected chi connectivity index (χ2v) is 5.37. The van der Waals surface area contributed by atoms with Gasteiger partial charge in [-0.1, -0.05) is 12.1 Å². The Labute approximate surface area is 124 Å². The van der Waals surface area contributed by atoms with E-state index in [9.17, 15) is 9.59 Å². The van der Waals surface area contributed by atoms with Crippen molar-refractivity contribution < 1.29 is 19.4 Å². The topological polar surface area (TPSA) is 66.8 Å². The quantitative estimate of drug-likeness (QED) is 0.870. The van der Waals surface area contributed by atoms with Gasteiger partial charge in [0.25, 0.3) is 0 Å². The van der Waals surface area contributed by atoms with Gasteiger partial charge in [-0.15, -0.1) is 0 Å². The number of carbonyl (C=O) groups is 2. The maximum Gasteiger partial charge on any atom is 0.308 e. The summed E-state index contributed by atoms with van der Waals surface area (Å²) < 4.78 is 5.10. The normalized spacial score (nSPS) is 17.8. The molecule has 0 bridgehead atoms. The van der Waals surface area contributed by atoms with Crippen molar-refractivity contribution in [2.45, 2.75) is 25.7 Å². The summed E-state index contributed by atoms with van der Waals surface area (Å²) in [6, 6.07) is 7.82. The number of ether oxygens (including phenoxy) is 1. The SMILES string of the molecule is COc1ccc(CCCC(=O)N2CCC(C(=O)O)C2)cc1. The van der Waals surface area contributed by atoms with Gasteiger partial charge < -0.3 is 14.7 Å². The van der Waals surface area contributed by atoms with Crippen LogP contribution >= 0.6 is 0 Å². The molecule has 0 aliphatic carbocycles. The number of carboxylic acid groups (broad SMARTS) is 1. The van der Waals surface area contributed by atoms with E-state index in [1.165, 1.54) is 5.56 Å². The van der Waals surface area contributed by atoms with E-state index >= 15 is 0 Å². The average Bonchev–Trinajstić information content (AvgIpc) is 2.98. The van der Waals surface area contributed by atoms with E-state index in [4.69, 9.17) is 9.84 Å². The molecule has 5 nitrogen and oxygen atoms in total. The molecule has 1 aromatic rings. The molecule has 1 amide bonds. The summed E-state index contributed by atoms with van der Waals surface area (Å²) in [4.78, 5) is 24.6. The lowest BCUT2D eigenvalue weighted by Gasteiger charge is -2.15. The number of benzene rings is 1. The molecule has 0 spiro atoms. The van der Waals surface area contributed by atoms with E-state index in [1.54, 1.807) is 12.0 Å². The van der Waals surface area contributed by atoms with Crippen LogP contribution in [0.3, 0.4) is 0 Å². The van der Waals surface area contributed by atoms with Gasteiger partial charge in [-0.2, -0.15) is 0 Å². The van der Waals surface area contributed by atoms with Crippen LogP contribution in [0.4, 0.5) is 0 Å². The summed E-state index contributed by atoms with van der Waals surface area (Å²) >= 11 is 0. The molecule has 1 aromatic carbocycles. The Morgan fingerprint density at radius 3 is 2.62 bits per heavy atom. The second-order valence-electron chi connectivity index (χ2n) is 5.37. The summed E-state index contributed by atoms with van der Waals surface area (Å²) in [6.45, 7) is 0.926. The Kier molecular flexibility index (Phi) is 5.20. The van der Waals surface area contributed by atoms with Gasteiger partial charge in [0.15, 0.2) is 0 Å². The highest BCUT2D eigenvalue weighted by Gasteiger charge is 2.30. The fraction of sp³-hybridized carbons (Fsp3) is 0.500. The van der Waals surface area contributed by atoms with Crippen LogP contribution < -0.4 is 4.74 Å². The molecule has 1 heterocycles. The number of carboxylic acids is 1. The van der Waals surface area contributed by atoms with Gasteiger partial charge in [-0.25, -0.2) is 0 Å². The molecule has 5 heteroatoms. The molecular formula is C16H21NO4. The Morgan fingerprint density at radius 1 is 1.33 bits per heavy atom. The number of methoxy groups -OCH3 is 1. The van der Waals surface area contributed by atoms with Gasteiger partial charge in [-0.3, -0.25) is 9.59 Å². The largest absolute Gasteiger partial charge is 0.497 e. The Hall–Kier alpha value is -2.04. The monoisotopic (exact) mass is 291 g/mol. The Bertz CT molecular complexity index is 498. The molecule has 2 rings (SSSR count). The summed E-state index contributed by atoms with van der Waals surface area (Å²) in [5.41, 5.74) is 1.17. The van der Waals surface area contributed by atoms with Gasteiger partial charge >= 0.3 is 5.97 Å². The predicted molar refractivity (Wildman–Crippen MR) is 78.3 cm³/mol. The first kappa shape index (κ1) is 15.4. The van der Waals surface area contributed by atoms with Crippen LogP contribution in [-0.2, 0) is 16.0 Å². The smallest absolute Gasteiger partial charge is 0.308 e. The van der Waals surface area contributed by atoms with Crippen molar-refractivity contribution in [1.29, 1.82) is 0 Å². The minimum atomic E-state index is -0.802. The highest BCUT2D eigenvalue weighted by molar-refractivity contribution is 5.78. The number of aliphatic carboxylic acids is 1. The maximum atomic E-state index is 12.0. The second kappa shape index (κ2) is 7.11. The molecule has 1 aliphatic heterocycles. The summed E-state index contributed by atoms with van der Waals surface area (Å²) in [5.74, 6) is -0.307. The number of amides is 1. The molecule has 0 saturated carbocycles. The van der Waals surface area contributed by atoms with E-state index in [-0.39, 0.29) is 5.91 Å². The number of carbonyl (C=O) groups excluding carboxylic acids is 1. The molecule has 0 radical (unpaired) electrons. The first-order valence-corrected chi connectivity index (χ1v) is 7.23. The van der Waals surface area contributed by atoms with Crippen LogP contribution in [0.2, 0.25) is 0 Å². The number of hydrogen-bond donors (Lipinski definition) is 1. The fourth-order valence-corrected chi connectivity index (χ4v) is 2.58. The van der Waals surface area contributed by atoms with Gasteiger partial charge in [0.2, 0.25) is 5.91 Å². The number of nitrogens with zero attached hydrogens (tertiary/aromatic N) is 1. The van der Waals surface area contributed by atoms with E-state index in [2.05, 4.69) is 0 Å². The third-order valence-electron chi connectivity index (χ3n) is 3.91. The van der Waals surface area contributed by atoms with Gasteiger partial charge in [-0.05, 0) is 37.0 Å². The molecular weight excluding hydrogens is 270 g/mol. The molecule has 0 aromatic heterocycles. The van der Waals surface area contributed by atoms with Gasteiger partial charge in [0.1, 0.15) is 5.75 Å². The molecule has 1 unspecified atom stereocenters. The van der Waals surface area contributed by atoms with Crippen LogP contribution in [0.25, 0.3) is 0 Å². The summed E-state index contributed by atoms with van der Waals surface area (Å²) in [5, 5.41) is 8.93. The van der Waals surface area contributed by atoms with Crippen molar-refractivity contribution in [2.75, 3.05) is 20.2 Å². The molecule has 1 aliphatic rings. The number of hydrogen-bond acceptors (Lipinski definition) is 3. The van der Waals surface area contributed by atoms with Crippen molar-refractivity contribution >= 4 is 11.9 Å². The van der Waals surface area contributed by atoms with Gasteiger partial charge in [0.05, 0.1) is 13.0 Å². The lowest BCUT2D eigenvalue weighted by Crippen LogP contribution is -2.29. The fourth-order valence-electron chi connectivity index (χ4n) is 2.58. The van der Waals surface area contributed by atoms with Crippen molar-refractivity contribution in [3.05, 3.63) is 29.8 Å². The summed E-state index contributed by atoms with van der Waals surface area (Å²) in [6.07, 6.45) is 2.66. The van der Waals surface area contributed by atoms with Crippen LogP contribution in [0.5, 0.6) is 5.75 Å². The first-order valence-electron chi connectivity index (χ1n) is 7.23. The van der Waals surface area contributed by atoms with Crippen LogP contribution in [-0.4, -0.2) is 42.1 Å². The molecule has 1 fully saturated rings. The molecule has 21 heavy (non-hydrogen) atoms. The zero-order valence-electron chi connectivity index (χ0n) is 12.2. The highest BCUT2D eigenvalue weighted by atomic mass is 16.5. The third kappa shape index (κ3) is 4.21. The summed E-state index contributed by atoms with van der Waals surface area (Å²) in [7, 11) is 1.63. The number of rotatable bonds is 6. The van der Waals surface area contributed by atoms with Crippen LogP contribution in [0, 0.1) is 5.92 Å². The van der Waals surface area contributed by atoms with Crippen molar-refractivity contribution in [3.8, 4) is 5.75 Å². The Morgan fingerprint density at radius 2 is 2.05 bits per heavy atom. The van der Waals surface area contributed by atoms with Gasteiger partial charge in [0, 0.05) is 19.5 Å². The predicted octanol–water partition coefficient (Wildman–Crippen LogP) is 1.95. The zero-order valence-corrected chi connectivity index (χ0v) is 12.2. The van der Waals surface area contributed by atoms with Crippen molar-refractivity contribution in [2.24, 2.45) is 5.92 Å². The molecule has 1 atom stereocenters. The molecule has 114 valence electrons. The van der Waals surface area contributed by atoms with E-state index in [0.717, 1.165) is 18.6 Å².